The molecule has 0 aliphatic rings. The molecular formula is C24H36O8. The summed E-state index contributed by atoms with van der Waals surface area (Å²) < 4.78 is 19.2. The van der Waals surface area contributed by atoms with E-state index in [1.807, 2.05) is 0 Å². The molecule has 0 aromatic carbocycles. The normalized spacial score (nSPS) is 9.25. The van der Waals surface area contributed by atoms with Gasteiger partial charge >= 0.3 is 23.9 Å². The van der Waals surface area contributed by atoms with Crippen molar-refractivity contribution in [1.29, 1.82) is 0 Å². The molecule has 0 heterocycles. The summed E-state index contributed by atoms with van der Waals surface area (Å²) >= 11 is 0. The summed E-state index contributed by atoms with van der Waals surface area (Å²) in [5.74, 6) is -1.56. The first kappa shape index (κ1) is 31.0. The first-order chi connectivity index (χ1) is 15.4. The van der Waals surface area contributed by atoms with Crippen LogP contribution in [0, 0.1) is 0 Å². The number of esters is 4. The van der Waals surface area contributed by atoms with Crippen LogP contribution in [0.3, 0.4) is 0 Å². The van der Waals surface area contributed by atoms with Crippen LogP contribution in [0.5, 0.6) is 0 Å². The average Bonchev–Trinajstić information content (AvgIpc) is 2.81. The van der Waals surface area contributed by atoms with Gasteiger partial charge in [-0.15, -0.1) is 0 Å². The number of rotatable bonds is 18. The van der Waals surface area contributed by atoms with Gasteiger partial charge in [0.15, 0.2) is 0 Å². The van der Waals surface area contributed by atoms with Crippen molar-refractivity contribution in [3.8, 4) is 0 Å². The van der Waals surface area contributed by atoms with Crippen LogP contribution in [-0.2, 0) is 38.1 Å². The first-order valence-corrected chi connectivity index (χ1v) is 10.6. The van der Waals surface area contributed by atoms with E-state index in [0.29, 0.717) is 26.4 Å². The smallest absolute Gasteiger partial charge is 0.330 e. The number of carbonyl (C=O) groups excluding carboxylic acids is 4. The van der Waals surface area contributed by atoms with Crippen LogP contribution >= 0.6 is 0 Å². The van der Waals surface area contributed by atoms with Crippen molar-refractivity contribution in [2.24, 2.45) is 0 Å². The largest absolute Gasteiger partial charge is 0.463 e. The first-order valence-electron chi connectivity index (χ1n) is 10.6. The van der Waals surface area contributed by atoms with E-state index in [9.17, 15) is 19.2 Å². The summed E-state index contributed by atoms with van der Waals surface area (Å²) in [5, 5.41) is 0. The number of hydrogen-bond acceptors (Lipinski definition) is 8. The van der Waals surface area contributed by atoms with Crippen molar-refractivity contribution in [3.63, 3.8) is 0 Å². The molecule has 0 saturated heterocycles. The quantitative estimate of drug-likeness (QED) is 0.133. The van der Waals surface area contributed by atoms with Crippen molar-refractivity contribution >= 4 is 23.9 Å². The molecular weight excluding hydrogens is 416 g/mol. The molecule has 8 heteroatoms. The van der Waals surface area contributed by atoms with Crippen molar-refractivity contribution < 1.29 is 38.1 Å². The van der Waals surface area contributed by atoms with E-state index in [1.54, 1.807) is 0 Å². The minimum atomic E-state index is -0.389. The Morgan fingerprint density at radius 1 is 0.406 bits per heavy atom. The van der Waals surface area contributed by atoms with Gasteiger partial charge in [0, 0.05) is 24.3 Å². The summed E-state index contributed by atoms with van der Waals surface area (Å²) in [6.07, 6.45) is 11.6. The maximum absolute atomic E-state index is 10.6. The topological polar surface area (TPSA) is 105 Å². The van der Waals surface area contributed by atoms with E-state index in [-0.39, 0.29) is 23.9 Å². The molecule has 32 heavy (non-hydrogen) atoms. The Balaban J connectivity index is 0. The highest BCUT2D eigenvalue weighted by Gasteiger charge is 1.98. The van der Waals surface area contributed by atoms with Crippen LogP contribution in [-0.4, -0.2) is 50.3 Å². The van der Waals surface area contributed by atoms with Gasteiger partial charge in [-0.3, -0.25) is 0 Å². The fraction of sp³-hybridized carbons (Fsp3) is 0.500. The van der Waals surface area contributed by atoms with Crippen LogP contribution < -0.4 is 0 Å². The zero-order chi connectivity index (χ0) is 24.5. The summed E-state index contributed by atoms with van der Waals surface area (Å²) in [4.78, 5) is 42.6. The van der Waals surface area contributed by atoms with Crippen LogP contribution in [0.4, 0.5) is 0 Å². The predicted octanol–water partition coefficient (Wildman–Crippen LogP) is 4.01. The Bertz CT molecular complexity index is 491. The number of ether oxygens (including phenoxy) is 4. The van der Waals surface area contributed by atoms with Gasteiger partial charge in [0.2, 0.25) is 0 Å². The second-order valence-electron chi connectivity index (χ2n) is 6.31. The minimum Gasteiger partial charge on any atom is -0.463 e. The molecule has 180 valence electrons. The van der Waals surface area contributed by atoms with Gasteiger partial charge in [0.25, 0.3) is 0 Å². The molecule has 0 aromatic rings. The van der Waals surface area contributed by atoms with E-state index in [2.05, 4.69) is 26.3 Å². The Morgan fingerprint density at radius 2 is 0.594 bits per heavy atom. The summed E-state index contributed by atoms with van der Waals surface area (Å²) in [7, 11) is 0. The van der Waals surface area contributed by atoms with E-state index in [1.165, 1.54) is 0 Å². The molecule has 0 aromatic heterocycles. The molecule has 0 N–H and O–H groups in total. The lowest BCUT2D eigenvalue weighted by Crippen LogP contribution is -2.03. The van der Waals surface area contributed by atoms with E-state index in [0.717, 1.165) is 75.7 Å². The zero-order valence-corrected chi connectivity index (χ0v) is 18.9. The van der Waals surface area contributed by atoms with Gasteiger partial charge < -0.3 is 18.9 Å². The van der Waals surface area contributed by atoms with Crippen molar-refractivity contribution in [3.05, 3.63) is 50.6 Å². The van der Waals surface area contributed by atoms with Gasteiger partial charge in [-0.25, -0.2) is 19.2 Å². The van der Waals surface area contributed by atoms with Gasteiger partial charge in [-0.1, -0.05) is 26.3 Å². The van der Waals surface area contributed by atoms with Gasteiger partial charge in [-0.2, -0.15) is 0 Å². The highest BCUT2D eigenvalue weighted by Crippen LogP contribution is 2.02. The maximum Gasteiger partial charge on any atom is 0.330 e. The van der Waals surface area contributed by atoms with Crippen molar-refractivity contribution in [2.75, 3.05) is 26.4 Å². The van der Waals surface area contributed by atoms with Crippen molar-refractivity contribution in [1.82, 2.24) is 0 Å². The molecule has 8 nitrogen and oxygen atoms in total. The Morgan fingerprint density at radius 3 is 0.750 bits per heavy atom. The summed E-state index contributed by atoms with van der Waals surface area (Å²) in [6.45, 7) is 14.8. The Hall–Kier alpha value is -3.16. The lowest BCUT2D eigenvalue weighted by Gasteiger charge is -2.03. The predicted molar refractivity (Wildman–Crippen MR) is 122 cm³/mol. The SMILES string of the molecule is C=CC(=O)OCCCCCCOC(=O)C=C.C=CC(=O)OCCCCCCOC(=O)C=C. The molecule has 0 amide bonds. The fourth-order valence-corrected chi connectivity index (χ4v) is 2.04. The van der Waals surface area contributed by atoms with Crippen molar-refractivity contribution in [2.45, 2.75) is 51.4 Å². The van der Waals surface area contributed by atoms with E-state index in [4.69, 9.17) is 18.9 Å². The van der Waals surface area contributed by atoms with Crippen LogP contribution in [0.15, 0.2) is 50.6 Å². The molecule has 0 atom stereocenters. The molecule has 0 saturated carbocycles. The lowest BCUT2D eigenvalue weighted by atomic mass is 10.2. The average molecular weight is 453 g/mol. The third kappa shape index (κ3) is 24.9. The van der Waals surface area contributed by atoms with Crippen LogP contribution in [0.1, 0.15) is 51.4 Å². The summed E-state index contributed by atoms with van der Waals surface area (Å²) in [5.41, 5.74) is 0. The minimum absolute atomic E-state index is 0.389. The highest BCUT2D eigenvalue weighted by atomic mass is 16.5. The number of carbonyl (C=O) groups is 4. The third-order valence-electron chi connectivity index (χ3n) is 3.72. The monoisotopic (exact) mass is 452 g/mol. The number of unbranched alkanes of at least 4 members (excludes halogenated alkanes) is 6. The molecule has 0 bridgehead atoms. The molecule has 0 radical (unpaired) electrons. The van der Waals surface area contributed by atoms with Crippen LogP contribution in [0.25, 0.3) is 0 Å². The zero-order valence-electron chi connectivity index (χ0n) is 18.9. The molecule has 0 aliphatic heterocycles. The van der Waals surface area contributed by atoms with Gasteiger partial charge in [-0.05, 0) is 51.4 Å². The van der Waals surface area contributed by atoms with E-state index >= 15 is 0 Å². The molecule has 0 fully saturated rings. The number of hydrogen-bond donors (Lipinski definition) is 0. The Kier molecular flexibility index (Phi) is 23.4. The Labute approximate surface area is 190 Å². The standard InChI is InChI=1S/2C12H18O4/c2*1-3-11(13)15-9-7-5-6-8-10-16-12(14)4-2/h2*3-4H,1-2,5-10H2. The summed E-state index contributed by atoms with van der Waals surface area (Å²) in [6, 6.07) is 0. The second-order valence-corrected chi connectivity index (χ2v) is 6.31. The second kappa shape index (κ2) is 24.1. The molecule has 0 aliphatic carbocycles. The van der Waals surface area contributed by atoms with E-state index < -0.39 is 0 Å². The van der Waals surface area contributed by atoms with Gasteiger partial charge in [0.1, 0.15) is 0 Å². The van der Waals surface area contributed by atoms with Gasteiger partial charge in [0.05, 0.1) is 26.4 Å². The lowest BCUT2D eigenvalue weighted by molar-refractivity contribution is -0.139. The third-order valence-corrected chi connectivity index (χ3v) is 3.72. The fourth-order valence-electron chi connectivity index (χ4n) is 2.04. The molecule has 0 rings (SSSR count). The molecule has 0 unspecified atom stereocenters. The maximum atomic E-state index is 10.6. The van der Waals surface area contributed by atoms with Crippen LogP contribution in [0.2, 0.25) is 0 Å². The molecule has 0 spiro atoms. The highest BCUT2D eigenvalue weighted by molar-refractivity contribution is 5.82.